The lowest BCUT2D eigenvalue weighted by molar-refractivity contribution is -0.138. The average Bonchev–Trinajstić information content (AvgIpc) is 3.13. The van der Waals surface area contributed by atoms with Crippen molar-refractivity contribution < 1.29 is 4.79 Å². The van der Waals surface area contributed by atoms with E-state index in [0.717, 1.165) is 29.1 Å². The maximum Gasteiger partial charge on any atom is 0.222 e. The fourth-order valence-electron chi connectivity index (χ4n) is 5.21. The molecule has 1 fully saturated rings. The monoisotopic (exact) mass is 422 g/mol. The summed E-state index contributed by atoms with van der Waals surface area (Å²) in [6.45, 7) is 6.65. The van der Waals surface area contributed by atoms with Crippen LogP contribution in [0.2, 0.25) is 0 Å². The number of piperidine rings is 1. The topological polar surface area (TPSA) is 33.2 Å². The van der Waals surface area contributed by atoms with E-state index in [1.807, 2.05) is 11.9 Å². The van der Waals surface area contributed by atoms with E-state index in [0.29, 0.717) is 18.4 Å². The van der Waals surface area contributed by atoms with E-state index in [1.54, 1.807) is 23.1 Å². The van der Waals surface area contributed by atoms with Crippen molar-refractivity contribution in [2.24, 2.45) is 0 Å². The molecule has 2 atom stereocenters. The van der Waals surface area contributed by atoms with Gasteiger partial charge in [-0.2, -0.15) is 0 Å². The minimum Gasteiger partial charge on any atom is -0.342 e. The van der Waals surface area contributed by atoms with Gasteiger partial charge in [-0.3, -0.25) is 4.79 Å². The molecule has 1 saturated heterocycles. The zero-order chi connectivity index (χ0) is 20.3. The summed E-state index contributed by atoms with van der Waals surface area (Å²) in [5.74, 6) is 0.296. The molecule has 150 valence electrons. The number of fused-ring (bicyclic) bond motifs is 4. The van der Waals surface area contributed by atoms with E-state index in [2.05, 4.69) is 51.1 Å². The first-order valence-electron chi connectivity index (χ1n) is 10.3. The number of likely N-dealkylation sites (tertiary alicyclic amines) is 1. The van der Waals surface area contributed by atoms with Crippen LogP contribution in [0.15, 0.2) is 39.6 Å². The van der Waals surface area contributed by atoms with E-state index >= 15 is 0 Å². The van der Waals surface area contributed by atoms with Crippen molar-refractivity contribution >= 4 is 39.2 Å². The Morgan fingerprint density at radius 2 is 1.97 bits per heavy atom. The molecule has 5 rings (SSSR count). The van der Waals surface area contributed by atoms with Crippen LogP contribution in [0.1, 0.15) is 48.4 Å². The van der Waals surface area contributed by atoms with Crippen LogP contribution in [0.5, 0.6) is 0 Å². The van der Waals surface area contributed by atoms with E-state index in [1.165, 1.54) is 31.8 Å². The number of aromatic nitrogens is 1. The fourth-order valence-corrected chi connectivity index (χ4v) is 7.44. The molecule has 0 bridgehead atoms. The van der Waals surface area contributed by atoms with Crippen LogP contribution in [0.4, 0.5) is 0 Å². The minimum atomic E-state index is 0.0729. The fraction of sp³-hybridized carbons (Fsp3) is 0.417. The molecule has 1 aliphatic carbocycles. The first kappa shape index (κ1) is 19.1. The van der Waals surface area contributed by atoms with Gasteiger partial charge in [0.2, 0.25) is 5.91 Å². The van der Waals surface area contributed by atoms with E-state index < -0.39 is 0 Å². The Morgan fingerprint density at radius 1 is 1.17 bits per heavy atom. The smallest absolute Gasteiger partial charge is 0.222 e. The number of carbonyl (C=O) groups is 1. The molecule has 3 aromatic rings. The zero-order valence-electron chi connectivity index (χ0n) is 17.4. The summed E-state index contributed by atoms with van der Waals surface area (Å²) in [6, 6.07) is 11.6. The first-order chi connectivity index (χ1) is 13.9. The predicted octanol–water partition coefficient (Wildman–Crippen LogP) is 5.89. The summed E-state index contributed by atoms with van der Waals surface area (Å²) in [5, 5.41) is 0. The molecule has 1 amide bonds. The highest BCUT2D eigenvalue weighted by Crippen LogP contribution is 2.47. The second-order valence-electron chi connectivity index (χ2n) is 8.75. The van der Waals surface area contributed by atoms with Gasteiger partial charge >= 0.3 is 0 Å². The number of benzene rings is 2. The molecule has 1 aromatic heterocycles. The summed E-state index contributed by atoms with van der Waals surface area (Å²) >= 11 is 3.57. The second kappa shape index (κ2) is 6.85. The van der Waals surface area contributed by atoms with Gasteiger partial charge in [-0.15, -0.1) is 11.3 Å². The Hall–Kier alpha value is -1.85. The normalized spacial score (nSPS) is 23.9. The van der Waals surface area contributed by atoms with Gasteiger partial charge in [-0.1, -0.05) is 36.9 Å². The standard InChI is InChI=1S/C24H26N2OS2/c1-14-5-6-15(2)22-21(14)25-23(29-22)28-17-8-9-18-16(13-17)7-10-19-24(18,3)12-11-20(27)26(19)4/h5-6,8-9,13,19H,7,10-12H2,1-4H3/t19?,24-/m1/s1. The molecule has 0 spiro atoms. The lowest BCUT2D eigenvalue weighted by atomic mass is 9.63. The maximum atomic E-state index is 12.2. The SMILES string of the molecule is Cc1ccc(C)c2sc(Sc3ccc4c(c3)CCC3N(C)C(=O)CC[C@]43C)nc12. The number of nitrogens with zero attached hydrogens (tertiary/aromatic N) is 2. The van der Waals surface area contributed by atoms with E-state index in [4.69, 9.17) is 4.98 Å². The van der Waals surface area contributed by atoms with Gasteiger partial charge in [0.25, 0.3) is 0 Å². The van der Waals surface area contributed by atoms with Crippen LogP contribution in [0.25, 0.3) is 10.2 Å². The number of aryl methyl sites for hydroxylation is 3. The van der Waals surface area contributed by atoms with E-state index in [9.17, 15) is 4.79 Å². The predicted molar refractivity (Wildman–Crippen MR) is 121 cm³/mol. The summed E-state index contributed by atoms with van der Waals surface area (Å²) in [5.41, 5.74) is 6.65. The van der Waals surface area contributed by atoms with Crippen LogP contribution >= 0.6 is 23.1 Å². The number of rotatable bonds is 2. The Bertz CT molecular complexity index is 1100. The summed E-state index contributed by atoms with van der Waals surface area (Å²) in [6.07, 6.45) is 3.71. The molecule has 2 aromatic carbocycles. The van der Waals surface area contributed by atoms with Gasteiger partial charge in [-0.05, 0) is 67.5 Å². The zero-order valence-corrected chi connectivity index (χ0v) is 19.0. The molecule has 1 unspecified atom stereocenters. The van der Waals surface area contributed by atoms with Crippen molar-refractivity contribution in [3.05, 3.63) is 52.6 Å². The lowest BCUT2D eigenvalue weighted by Gasteiger charge is -2.50. The van der Waals surface area contributed by atoms with Crippen molar-refractivity contribution in [1.29, 1.82) is 0 Å². The van der Waals surface area contributed by atoms with Crippen molar-refractivity contribution in [3.63, 3.8) is 0 Å². The quantitative estimate of drug-likeness (QED) is 0.516. The summed E-state index contributed by atoms with van der Waals surface area (Å²) in [4.78, 5) is 20.4. The third-order valence-electron chi connectivity index (χ3n) is 6.96. The number of carbonyl (C=O) groups excluding carboxylic acids is 1. The van der Waals surface area contributed by atoms with Crippen LogP contribution in [-0.4, -0.2) is 28.9 Å². The number of hydrogen-bond donors (Lipinski definition) is 0. The number of hydrogen-bond acceptors (Lipinski definition) is 4. The Morgan fingerprint density at radius 3 is 2.76 bits per heavy atom. The van der Waals surface area contributed by atoms with Crippen molar-refractivity contribution in [2.45, 2.75) is 67.1 Å². The van der Waals surface area contributed by atoms with Crippen LogP contribution in [0.3, 0.4) is 0 Å². The van der Waals surface area contributed by atoms with Crippen molar-refractivity contribution in [2.75, 3.05) is 7.05 Å². The highest BCUT2D eigenvalue weighted by Gasteiger charge is 2.46. The molecule has 0 saturated carbocycles. The number of amides is 1. The molecular weight excluding hydrogens is 396 g/mol. The van der Waals surface area contributed by atoms with Crippen LogP contribution in [-0.2, 0) is 16.6 Å². The lowest BCUT2D eigenvalue weighted by Crippen LogP contribution is -2.56. The average molecular weight is 423 g/mol. The molecule has 1 aliphatic heterocycles. The minimum absolute atomic E-state index is 0.0729. The van der Waals surface area contributed by atoms with E-state index in [-0.39, 0.29) is 5.41 Å². The number of likely N-dealkylation sites (N-methyl/N-ethyl adjacent to an activating group) is 1. The number of thiazole rings is 1. The summed E-state index contributed by atoms with van der Waals surface area (Å²) in [7, 11) is 1.98. The largest absolute Gasteiger partial charge is 0.342 e. The van der Waals surface area contributed by atoms with Crippen molar-refractivity contribution in [1.82, 2.24) is 9.88 Å². The molecule has 0 radical (unpaired) electrons. The van der Waals surface area contributed by atoms with Gasteiger partial charge in [-0.25, -0.2) is 4.98 Å². The van der Waals surface area contributed by atoms with Crippen molar-refractivity contribution in [3.8, 4) is 0 Å². The maximum absolute atomic E-state index is 12.2. The Balaban J connectivity index is 1.47. The van der Waals surface area contributed by atoms with Gasteiger partial charge in [0.1, 0.15) is 0 Å². The molecule has 0 N–H and O–H groups in total. The van der Waals surface area contributed by atoms with Crippen LogP contribution in [0, 0.1) is 13.8 Å². The van der Waals surface area contributed by atoms with Gasteiger partial charge in [0.05, 0.1) is 10.2 Å². The molecule has 3 nitrogen and oxygen atoms in total. The highest BCUT2D eigenvalue weighted by atomic mass is 32.2. The molecule has 2 heterocycles. The Kier molecular flexibility index (Phi) is 4.52. The molecule has 29 heavy (non-hydrogen) atoms. The first-order valence-corrected chi connectivity index (χ1v) is 11.9. The third-order valence-corrected chi connectivity index (χ3v) is 9.20. The van der Waals surface area contributed by atoms with Crippen LogP contribution < -0.4 is 0 Å². The molecular formula is C24H26N2OS2. The van der Waals surface area contributed by atoms with Gasteiger partial charge < -0.3 is 4.90 Å². The second-order valence-corrected chi connectivity index (χ2v) is 11.1. The molecule has 2 aliphatic rings. The van der Waals surface area contributed by atoms with Gasteiger partial charge in [0, 0.05) is 29.8 Å². The summed E-state index contributed by atoms with van der Waals surface area (Å²) < 4.78 is 2.41. The third kappa shape index (κ3) is 3.01. The van der Waals surface area contributed by atoms with Gasteiger partial charge in [0.15, 0.2) is 4.34 Å². The molecule has 5 heteroatoms. The highest BCUT2D eigenvalue weighted by molar-refractivity contribution is 8.01. The Labute approximate surface area is 180 Å².